The maximum Gasteiger partial charge on any atom is 0.148 e. The highest BCUT2D eigenvalue weighted by Crippen LogP contribution is 2.48. The van der Waals surface area contributed by atoms with Gasteiger partial charge in [-0.3, -0.25) is 9.59 Å². The van der Waals surface area contributed by atoms with Crippen LogP contribution in [0.5, 0.6) is 0 Å². The van der Waals surface area contributed by atoms with Crippen molar-refractivity contribution in [2.24, 2.45) is 5.41 Å². The Labute approximate surface area is 108 Å². The van der Waals surface area contributed by atoms with Crippen LogP contribution in [-0.4, -0.2) is 11.6 Å². The van der Waals surface area contributed by atoms with Crippen LogP contribution in [0.2, 0.25) is 0 Å². The van der Waals surface area contributed by atoms with Crippen molar-refractivity contribution in [2.75, 3.05) is 0 Å². The number of ketones is 2. The average molecular weight is 244 g/mol. The Kier molecular flexibility index (Phi) is 3.65. The number of rotatable bonds is 3. The van der Waals surface area contributed by atoms with Crippen molar-refractivity contribution < 1.29 is 9.59 Å². The zero-order chi connectivity index (χ0) is 13.2. The first kappa shape index (κ1) is 13.0. The molecule has 0 heterocycles. The van der Waals surface area contributed by atoms with E-state index < -0.39 is 0 Å². The summed E-state index contributed by atoms with van der Waals surface area (Å²) in [5.74, 6) is 0.100. The fourth-order valence-corrected chi connectivity index (χ4v) is 3.29. The standard InChI is InChI=1S/C16H20O2/c1-3-16(4-2)11-13(17)10-14(18)15(16)12-8-6-5-7-9-12/h5-9,15H,3-4,10-11H2,1-2H3. The maximum absolute atomic E-state index is 12.3. The lowest BCUT2D eigenvalue weighted by Gasteiger charge is -2.41. The predicted molar refractivity (Wildman–Crippen MR) is 71.4 cm³/mol. The molecule has 1 fully saturated rings. The van der Waals surface area contributed by atoms with Crippen molar-refractivity contribution in [2.45, 2.75) is 45.4 Å². The van der Waals surface area contributed by atoms with Crippen LogP contribution in [-0.2, 0) is 9.59 Å². The van der Waals surface area contributed by atoms with E-state index in [1.807, 2.05) is 30.3 Å². The van der Waals surface area contributed by atoms with E-state index in [-0.39, 0.29) is 29.3 Å². The van der Waals surface area contributed by atoms with E-state index in [1.165, 1.54) is 0 Å². The molecule has 0 bridgehead atoms. The molecule has 1 aliphatic carbocycles. The summed E-state index contributed by atoms with van der Waals surface area (Å²) < 4.78 is 0. The van der Waals surface area contributed by atoms with Gasteiger partial charge < -0.3 is 0 Å². The molecule has 2 rings (SSSR count). The minimum Gasteiger partial charge on any atom is -0.299 e. The fraction of sp³-hybridized carbons (Fsp3) is 0.500. The smallest absolute Gasteiger partial charge is 0.148 e. The first-order chi connectivity index (χ1) is 8.63. The van der Waals surface area contributed by atoms with Crippen LogP contribution in [0.15, 0.2) is 30.3 Å². The molecule has 1 aromatic rings. The average Bonchev–Trinajstić information content (AvgIpc) is 2.38. The van der Waals surface area contributed by atoms with Crippen molar-refractivity contribution in [3.63, 3.8) is 0 Å². The lowest BCUT2D eigenvalue weighted by atomic mass is 9.60. The Hall–Kier alpha value is -1.44. The molecule has 0 aliphatic heterocycles. The third-order valence-corrected chi connectivity index (χ3v) is 4.40. The van der Waals surface area contributed by atoms with E-state index in [0.29, 0.717) is 6.42 Å². The SMILES string of the molecule is CCC1(CC)CC(=O)CC(=O)C1c1ccccc1. The Bertz CT molecular complexity index is 443. The summed E-state index contributed by atoms with van der Waals surface area (Å²) in [4.78, 5) is 24.1. The summed E-state index contributed by atoms with van der Waals surface area (Å²) in [5, 5.41) is 0. The molecule has 18 heavy (non-hydrogen) atoms. The van der Waals surface area contributed by atoms with Gasteiger partial charge in [0.15, 0.2) is 0 Å². The minimum atomic E-state index is -0.173. The zero-order valence-electron chi connectivity index (χ0n) is 11.1. The maximum atomic E-state index is 12.3. The molecular weight excluding hydrogens is 224 g/mol. The van der Waals surface area contributed by atoms with Crippen molar-refractivity contribution in [1.29, 1.82) is 0 Å². The molecule has 0 spiro atoms. The number of carbonyl (C=O) groups excluding carboxylic acids is 2. The second-order valence-corrected chi connectivity index (χ2v) is 5.27. The number of benzene rings is 1. The Morgan fingerprint density at radius 3 is 2.28 bits per heavy atom. The number of hydrogen-bond acceptors (Lipinski definition) is 2. The molecule has 1 aliphatic rings. The summed E-state index contributed by atoms with van der Waals surface area (Å²) in [6.07, 6.45) is 2.41. The number of hydrogen-bond donors (Lipinski definition) is 0. The molecule has 1 atom stereocenters. The Morgan fingerprint density at radius 2 is 1.72 bits per heavy atom. The normalized spacial score (nSPS) is 23.1. The van der Waals surface area contributed by atoms with Crippen molar-refractivity contribution in [3.05, 3.63) is 35.9 Å². The molecule has 2 heteroatoms. The first-order valence-electron chi connectivity index (χ1n) is 6.72. The van der Waals surface area contributed by atoms with Gasteiger partial charge in [0.2, 0.25) is 0 Å². The first-order valence-corrected chi connectivity index (χ1v) is 6.72. The molecule has 0 radical (unpaired) electrons. The molecular formula is C16H20O2. The quantitative estimate of drug-likeness (QED) is 0.762. The topological polar surface area (TPSA) is 34.1 Å². The minimum absolute atomic E-state index is 0.0983. The molecule has 0 amide bonds. The molecule has 0 N–H and O–H groups in total. The van der Waals surface area contributed by atoms with E-state index in [1.54, 1.807) is 0 Å². The monoisotopic (exact) mass is 244 g/mol. The summed E-state index contributed by atoms with van der Waals surface area (Å²) in [7, 11) is 0. The van der Waals surface area contributed by atoms with Crippen LogP contribution in [0.25, 0.3) is 0 Å². The van der Waals surface area contributed by atoms with E-state index in [9.17, 15) is 9.59 Å². The molecule has 0 saturated heterocycles. The van der Waals surface area contributed by atoms with Gasteiger partial charge in [-0.1, -0.05) is 44.2 Å². The van der Waals surface area contributed by atoms with Crippen LogP contribution in [0.1, 0.15) is 51.0 Å². The molecule has 2 nitrogen and oxygen atoms in total. The molecule has 1 aromatic carbocycles. The van der Waals surface area contributed by atoms with Gasteiger partial charge in [0.25, 0.3) is 0 Å². The Balaban J connectivity index is 2.46. The highest BCUT2D eigenvalue weighted by molar-refractivity contribution is 6.05. The summed E-state index contributed by atoms with van der Waals surface area (Å²) in [5.41, 5.74) is 0.895. The predicted octanol–water partition coefficient (Wildman–Crippen LogP) is 3.51. The van der Waals surface area contributed by atoms with Gasteiger partial charge in [-0.05, 0) is 23.8 Å². The van der Waals surface area contributed by atoms with E-state index >= 15 is 0 Å². The van der Waals surface area contributed by atoms with Gasteiger partial charge in [-0.25, -0.2) is 0 Å². The lowest BCUT2D eigenvalue weighted by Crippen LogP contribution is -2.41. The van der Waals surface area contributed by atoms with Crippen LogP contribution in [0, 0.1) is 5.41 Å². The van der Waals surface area contributed by atoms with Gasteiger partial charge in [0.1, 0.15) is 11.6 Å². The van der Waals surface area contributed by atoms with Gasteiger partial charge in [0.05, 0.1) is 6.42 Å². The number of Topliss-reactive ketones (excluding diaryl/α,β-unsaturated/α-hetero) is 2. The second kappa shape index (κ2) is 5.05. The van der Waals surface area contributed by atoms with Crippen molar-refractivity contribution in [3.8, 4) is 0 Å². The van der Waals surface area contributed by atoms with Crippen molar-refractivity contribution >= 4 is 11.6 Å². The van der Waals surface area contributed by atoms with Gasteiger partial charge in [-0.2, -0.15) is 0 Å². The van der Waals surface area contributed by atoms with Crippen LogP contribution in [0.3, 0.4) is 0 Å². The van der Waals surface area contributed by atoms with Gasteiger partial charge in [-0.15, -0.1) is 0 Å². The molecule has 0 aromatic heterocycles. The van der Waals surface area contributed by atoms with Crippen LogP contribution in [0.4, 0.5) is 0 Å². The number of carbonyl (C=O) groups is 2. The highest BCUT2D eigenvalue weighted by atomic mass is 16.1. The van der Waals surface area contributed by atoms with E-state index in [0.717, 1.165) is 18.4 Å². The van der Waals surface area contributed by atoms with Gasteiger partial charge >= 0.3 is 0 Å². The molecule has 1 saturated carbocycles. The van der Waals surface area contributed by atoms with Crippen LogP contribution < -0.4 is 0 Å². The zero-order valence-corrected chi connectivity index (χ0v) is 11.1. The van der Waals surface area contributed by atoms with E-state index in [4.69, 9.17) is 0 Å². The molecule has 1 unspecified atom stereocenters. The van der Waals surface area contributed by atoms with Crippen LogP contribution >= 0.6 is 0 Å². The Morgan fingerprint density at radius 1 is 1.11 bits per heavy atom. The highest BCUT2D eigenvalue weighted by Gasteiger charge is 2.46. The third kappa shape index (κ3) is 2.12. The fourth-order valence-electron chi connectivity index (χ4n) is 3.29. The lowest BCUT2D eigenvalue weighted by molar-refractivity contribution is -0.136. The largest absolute Gasteiger partial charge is 0.299 e. The van der Waals surface area contributed by atoms with E-state index in [2.05, 4.69) is 13.8 Å². The summed E-state index contributed by atoms with van der Waals surface area (Å²) in [6.45, 7) is 4.18. The van der Waals surface area contributed by atoms with Gasteiger partial charge in [0, 0.05) is 12.3 Å². The summed E-state index contributed by atoms with van der Waals surface area (Å²) >= 11 is 0. The molecule has 96 valence electrons. The third-order valence-electron chi connectivity index (χ3n) is 4.40. The second-order valence-electron chi connectivity index (χ2n) is 5.27. The van der Waals surface area contributed by atoms with Crippen molar-refractivity contribution in [1.82, 2.24) is 0 Å². The summed E-state index contributed by atoms with van der Waals surface area (Å²) in [6, 6.07) is 9.92.